The molecule has 1 fully saturated rings. The Morgan fingerprint density at radius 1 is 1.14 bits per heavy atom. The van der Waals surface area contributed by atoms with Crippen molar-refractivity contribution in [2.75, 3.05) is 31.2 Å². The Kier molecular flexibility index (Phi) is 7.25. The summed E-state index contributed by atoms with van der Waals surface area (Å²) in [5.74, 6) is 1.41. The molecule has 2 N–H and O–H groups in total. The van der Waals surface area contributed by atoms with E-state index in [1.807, 2.05) is 30.3 Å². The summed E-state index contributed by atoms with van der Waals surface area (Å²) in [5, 5.41) is 6.13. The van der Waals surface area contributed by atoms with E-state index in [1.165, 1.54) is 0 Å². The second-order valence-electron chi connectivity index (χ2n) is 7.51. The number of pyridine rings is 1. The molecule has 2 amide bonds. The van der Waals surface area contributed by atoms with Gasteiger partial charge in [0, 0.05) is 31.4 Å². The van der Waals surface area contributed by atoms with Crippen molar-refractivity contribution in [3.05, 3.63) is 59.8 Å². The number of anilines is 1. The summed E-state index contributed by atoms with van der Waals surface area (Å²) in [5.41, 5.74) is 2.14. The molecule has 1 saturated heterocycles. The molecule has 6 heteroatoms. The number of carbonyl (C=O) groups excluding carboxylic acids is 1. The minimum absolute atomic E-state index is 0.00573. The summed E-state index contributed by atoms with van der Waals surface area (Å²) >= 11 is 0. The smallest absolute Gasteiger partial charge is 0.315 e. The fourth-order valence-corrected chi connectivity index (χ4v) is 3.45. The van der Waals surface area contributed by atoms with Gasteiger partial charge < -0.3 is 20.3 Å². The number of morpholine rings is 1. The summed E-state index contributed by atoms with van der Waals surface area (Å²) in [7, 11) is 0. The Hall–Kier alpha value is -2.60. The normalized spacial score (nSPS) is 15.3. The maximum atomic E-state index is 12.6. The van der Waals surface area contributed by atoms with E-state index >= 15 is 0 Å². The maximum absolute atomic E-state index is 12.6. The maximum Gasteiger partial charge on any atom is 0.315 e. The molecule has 0 saturated carbocycles. The number of benzene rings is 1. The van der Waals surface area contributed by atoms with Crippen molar-refractivity contribution in [3.8, 4) is 0 Å². The van der Waals surface area contributed by atoms with Gasteiger partial charge in [-0.1, -0.05) is 50.2 Å². The molecule has 2 heterocycles. The number of nitrogens with zero attached hydrogens (tertiary/aromatic N) is 2. The molecule has 1 aromatic carbocycles. The van der Waals surface area contributed by atoms with Crippen LogP contribution in [0.4, 0.5) is 10.6 Å². The van der Waals surface area contributed by atoms with Crippen LogP contribution in [0.1, 0.15) is 37.4 Å². The molecule has 2 aromatic rings. The zero-order chi connectivity index (χ0) is 19.8. The molecule has 1 atom stereocenters. The number of urea groups is 1. The van der Waals surface area contributed by atoms with E-state index in [0.29, 0.717) is 25.7 Å². The summed E-state index contributed by atoms with van der Waals surface area (Å²) in [6, 6.07) is 13.9. The molecular weight excluding hydrogens is 352 g/mol. The van der Waals surface area contributed by atoms with Crippen LogP contribution in [-0.4, -0.2) is 37.3 Å². The first kappa shape index (κ1) is 20.1. The highest BCUT2D eigenvalue weighted by atomic mass is 16.5. The van der Waals surface area contributed by atoms with Crippen LogP contribution in [0.5, 0.6) is 0 Å². The third-order valence-electron chi connectivity index (χ3n) is 4.83. The molecule has 0 radical (unpaired) electrons. The van der Waals surface area contributed by atoms with Crippen molar-refractivity contribution in [1.29, 1.82) is 0 Å². The molecule has 1 aliphatic heterocycles. The quantitative estimate of drug-likeness (QED) is 0.769. The van der Waals surface area contributed by atoms with Crippen LogP contribution < -0.4 is 15.5 Å². The second-order valence-corrected chi connectivity index (χ2v) is 7.51. The minimum Gasteiger partial charge on any atom is -0.378 e. The van der Waals surface area contributed by atoms with E-state index in [9.17, 15) is 4.79 Å². The van der Waals surface area contributed by atoms with Crippen LogP contribution in [0.3, 0.4) is 0 Å². The Bertz CT molecular complexity index is 745. The van der Waals surface area contributed by atoms with Crippen LogP contribution in [0.15, 0.2) is 48.7 Å². The molecule has 3 rings (SSSR count). The van der Waals surface area contributed by atoms with Gasteiger partial charge in [0.25, 0.3) is 0 Å². The molecule has 1 aliphatic rings. The molecule has 1 unspecified atom stereocenters. The molecular formula is C22H30N4O2. The van der Waals surface area contributed by atoms with Gasteiger partial charge in [0.15, 0.2) is 0 Å². The number of hydrogen-bond acceptors (Lipinski definition) is 4. The van der Waals surface area contributed by atoms with E-state index in [1.54, 1.807) is 6.20 Å². The van der Waals surface area contributed by atoms with Crippen molar-refractivity contribution < 1.29 is 9.53 Å². The minimum atomic E-state index is -0.161. The van der Waals surface area contributed by atoms with E-state index in [-0.39, 0.29) is 12.1 Å². The number of nitrogens with one attached hydrogen (secondary N) is 2. The summed E-state index contributed by atoms with van der Waals surface area (Å²) in [6.07, 6.45) is 2.69. The van der Waals surface area contributed by atoms with Crippen molar-refractivity contribution in [1.82, 2.24) is 15.6 Å². The van der Waals surface area contributed by atoms with Gasteiger partial charge in [-0.05, 0) is 24.0 Å². The fraction of sp³-hybridized carbons (Fsp3) is 0.455. The molecule has 150 valence electrons. The number of hydrogen-bond donors (Lipinski definition) is 2. The van der Waals surface area contributed by atoms with Crippen molar-refractivity contribution in [3.63, 3.8) is 0 Å². The zero-order valence-electron chi connectivity index (χ0n) is 16.7. The lowest BCUT2D eigenvalue weighted by Gasteiger charge is -2.29. The molecule has 6 nitrogen and oxygen atoms in total. The monoisotopic (exact) mass is 382 g/mol. The second kappa shape index (κ2) is 10.1. The van der Waals surface area contributed by atoms with Crippen molar-refractivity contribution >= 4 is 11.8 Å². The molecule has 1 aromatic heterocycles. The van der Waals surface area contributed by atoms with E-state index in [2.05, 4.69) is 46.5 Å². The van der Waals surface area contributed by atoms with Gasteiger partial charge in [-0.3, -0.25) is 0 Å². The number of ether oxygens (including phenoxy) is 1. The van der Waals surface area contributed by atoms with Crippen LogP contribution in [0, 0.1) is 5.92 Å². The van der Waals surface area contributed by atoms with Crippen LogP contribution in [0.2, 0.25) is 0 Å². The fourth-order valence-electron chi connectivity index (χ4n) is 3.45. The topological polar surface area (TPSA) is 66.5 Å². The lowest BCUT2D eigenvalue weighted by atomic mass is 9.97. The largest absolute Gasteiger partial charge is 0.378 e. The Morgan fingerprint density at radius 2 is 1.89 bits per heavy atom. The van der Waals surface area contributed by atoms with Gasteiger partial charge >= 0.3 is 6.03 Å². The standard InChI is InChI=1S/C22H30N4O2/c1-17(2)15-20(18-7-4-3-5-8-18)25-22(27)24-16-19-9-6-10-23-21(19)26-11-13-28-14-12-26/h3-10,17,20H,11-16H2,1-2H3,(H2,24,25,27). The van der Waals surface area contributed by atoms with Crippen LogP contribution >= 0.6 is 0 Å². The highest BCUT2D eigenvalue weighted by Crippen LogP contribution is 2.21. The lowest BCUT2D eigenvalue weighted by Crippen LogP contribution is -2.40. The van der Waals surface area contributed by atoms with Gasteiger partial charge in [0.05, 0.1) is 19.3 Å². The SMILES string of the molecule is CC(C)CC(NC(=O)NCc1cccnc1N1CCOCC1)c1ccccc1. The van der Waals surface area contributed by atoms with E-state index < -0.39 is 0 Å². The number of aromatic nitrogens is 1. The summed E-state index contributed by atoms with van der Waals surface area (Å²) < 4.78 is 5.43. The lowest BCUT2D eigenvalue weighted by molar-refractivity contribution is 0.122. The van der Waals surface area contributed by atoms with Crippen molar-refractivity contribution in [2.45, 2.75) is 32.9 Å². The van der Waals surface area contributed by atoms with Crippen LogP contribution in [-0.2, 0) is 11.3 Å². The average molecular weight is 383 g/mol. The molecule has 0 aliphatic carbocycles. The van der Waals surface area contributed by atoms with E-state index in [0.717, 1.165) is 36.5 Å². The first-order valence-corrected chi connectivity index (χ1v) is 9.99. The van der Waals surface area contributed by atoms with Gasteiger partial charge in [0.1, 0.15) is 5.82 Å². The van der Waals surface area contributed by atoms with Crippen molar-refractivity contribution in [2.24, 2.45) is 5.92 Å². The van der Waals surface area contributed by atoms with E-state index in [4.69, 9.17) is 4.74 Å². The average Bonchev–Trinajstić information content (AvgIpc) is 2.73. The van der Waals surface area contributed by atoms with Gasteiger partial charge in [-0.15, -0.1) is 0 Å². The predicted molar refractivity (Wildman–Crippen MR) is 111 cm³/mol. The molecule has 28 heavy (non-hydrogen) atoms. The van der Waals surface area contributed by atoms with Crippen LogP contribution in [0.25, 0.3) is 0 Å². The van der Waals surface area contributed by atoms with Gasteiger partial charge in [-0.2, -0.15) is 0 Å². The Morgan fingerprint density at radius 3 is 2.61 bits per heavy atom. The Labute approximate surface area is 167 Å². The predicted octanol–water partition coefficient (Wildman–Crippen LogP) is 3.50. The molecule has 0 spiro atoms. The highest BCUT2D eigenvalue weighted by Gasteiger charge is 2.18. The number of carbonyl (C=O) groups is 1. The van der Waals surface area contributed by atoms with Gasteiger partial charge in [0.2, 0.25) is 0 Å². The van der Waals surface area contributed by atoms with Gasteiger partial charge in [-0.25, -0.2) is 9.78 Å². The zero-order valence-corrected chi connectivity index (χ0v) is 16.7. The summed E-state index contributed by atoms with van der Waals surface area (Å²) in [6.45, 7) is 7.83. The third-order valence-corrected chi connectivity index (χ3v) is 4.83. The first-order chi connectivity index (χ1) is 13.6. The number of rotatable bonds is 7. The Balaban J connectivity index is 1.62. The summed E-state index contributed by atoms with van der Waals surface area (Å²) in [4.78, 5) is 19.3. The number of amides is 2. The highest BCUT2D eigenvalue weighted by molar-refractivity contribution is 5.74. The molecule has 0 bridgehead atoms. The third kappa shape index (κ3) is 5.70. The first-order valence-electron chi connectivity index (χ1n) is 9.99.